The third-order valence-electron chi connectivity index (χ3n) is 5.92. The maximum absolute atomic E-state index is 11.7. The lowest BCUT2D eigenvalue weighted by atomic mass is 9.66. The summed E-state index contributed by atoms with van der Waals surface area (Å²) >= 11 is 0. The number of rotatable bonds is 9. The van der Waals surface area contributed by atoms with Gasteiger partial charge in [-0.1, -0.05) is 68.7 Å². The first-order valence-electron chi connectivity index (χ1n) is 9.77. The van der Waals surface area contributed by atoms with Crippen molar-refractivity contribution in [2.24, 2.45) is 11.7 Å². The highest BCUT2D eigenvalue weighted by molar-refractivity contribution is 5.85. The van der Waals surface area contributed by atoms with Gasteiger partial charge < -0.3 is 16.2 Å². The molecule has 1 aliphatic rings. The number of benzene rings is 2. The standard InChI is InChI=1S/C22H30N2O2/c1-2-3-6-12-22(23,21(25)26)18-13-19(14-18)24-15-17-10-7-9-16-8-4-5-11-20(16)17/h4-5,7-11,18-19,24H,2-3,6,12-15,23H2,1H3,(H,25,26)/t18-,19+,22?. The van der Waals surface area contributed by atoms with Crippen molar-refractivity contribution < 1.29 is 9.90 Å². The highest BCUT2D eigenvalue weighted by Gasteiger charge is 2.47. The van der Waals surface area contributed by atoms with E-state index in [0.29, 0.717) is 12.5 Å². The zero-order chi connectivity index (χ0) is 18.6. The summed E-state index contributed by atoms with van der Waals surface area (Å²) in [4.78, 5) is 11.7. The molecule has 0 heterocycles. The van der Waals surface area contributed by atoms with E-state index in [2.05, 4.69) is 54.7 Å². The van der Waals surface area contributed by atoms with Crippen LogP contribution < -0.4 is 11.1 Å². The van der Waals surface area contributed by atoms with E-state index in [1.54, 1.807) is 0 Å². The summed E-state index contributed by atoms with van der Waals surface area (Å²) in [5, 5.41) is 15.7. The zero-order valence-corrected chi connectivity index (χ0v) is 15.6. The zero-order valence-electron chi connectivity index (χ0n) is 15.6. The molecule has 1 saturated carbocycles. The fraction of sp³-hybridized carbons (Fsp3) is 0.500. The SMILES string of the molecule is CCCCCC(N)(C(=O)O)[C@H]1C[C@@H](NCc2cccc3ccccc23)C1. The van der Waals surface area contributed by atoms with E-state index in [-0.39, 0.29) is 5.92 Å². The van der Waals surface area contributed by atoms with Crippen LogP contribution in [-0.2, 0) is 11.3 Å². The van der Waals surface area contributed by atoms with E-state index >= 15 is 0 Å². The number of fused-ring (bicyclic) bond motifs is 1. The maximum atomic E-state index is 11.7. The number of carboxylic acids is 1. The first-order valence-corrected chi connectivity index (χ1v) is 9.77. The molecule has 4 N–H and O–H groups in total. The topological polar surface area (TPSA) is 75.4 Å². The first-order chi connectivity index (χ1) is 12.5. The summed E-state index contributed by atoms with van der Waals surface area (Å²) in [7, 11) is 0. The van der Waals surface area contributed by atoms with Crippen molar-refractivity contribution in [2.75, 3.05) is 0 Å². The van der Waals surface area contributed by atoms with Crippen molar-refractivity contribution in [3.05, 3.63) is 48.0 Å². The van der Waals surface area contributed by atoms with Crippen molar-refractivity contribution in [3.63, 3.8) is 0 Å². The fourth-order valence-corrected chi connectivity index (χ4v) is 4.06. The lowest BCUT2D eigenvalue weighted by Crippen LogP contribution is -2.61. The Kier molecular flexibility index (Phi) is 5.94. The van der Waals surface area contributed by atoms with Crippen molar-refractivity contribution in [1.29, 1.82) is 0 Å². The summed E-state index contributed by atoms with van der Waals surface area (Å²) < 4.78 is 0. The third kappa shape index (κ3) is 3.92. The van der Waals surface area contributed by atoms with Gasteiger partial charge in [0.15, 0.2) is 0 Å². The van der Waals surface area contributed by atoms with Crippen LogP contribution in [-0.4, -0.2) is 22.7 Å². The molecule has 2 aromatic rings. The largest absolute Gasteiger partial charge is 0.480 e. The van der Waals surface area contributed by atoms with Crippen molar-refractivity contribution >= 4 is 16.7 Å². The van der Waals surface area contributed by atoms with Gasteiger partial charge >= 0.3 is 5.97 Å². The van der Waals surface area contributed by atoms with Gasteiger partial charge in [-0.2, -0.15) is 0 Å². The quantitative estimate of drug-likeness (QED) is 0.593. The lowest BCUT2D eigenvalue weighted by molar-refractivity contribution is -0.148. The Balaban J connectivity index is 1.55. The summed E-state index contributed by atoms with van der Waals surface area (Å²) in [6, 6.07) is 15.1. The minimum Gasteiger partial charge on any atom is -0.480 e. The summed E-state index contributed by atoms with van der Waals surface area (Å²) in [6.45, 7) is 2.93. The van der Waals surface area contributed by atoms with Gasteiger partial charge in [-0.3, -0.25) is 4.79 Å². The van der Waals surface area contributed by atoms with Crippen molar-refractivity contribution in [2.45, 2.75) is 63.6 Å². The Morgan fingerprint density at radius 3 is 2.65 bits per heavy atom. The molecule has 0 aromatic heterocycles. The molecule has 4 heteroatoms. The number of unbranched alkanes of at least 4 members (excludes halogenated alkanes) is 2. The predicted molar refractivity (Wildman–Crippen MR) is 106 cm³/mol. The predicted octanol–water partition coefficient (Wildman–Crippen LogP) is 4.07. The molecule has 0 bridgehead atoms. The molecule has 140 valence electrons. The van der Waals surface area contributed by atoms with Crippen LogP contribution in [0, 0.1) is 5.92 Å². The molecule has 0 radical (unpaired) electrons. The number of hydrogen-bond donors (Lipinski definition) is 3. The molecular formula is C22H30N2O2. The molecule has 1 aliphatic carbocycles. The van der Waals surface area contributed by atoms with Crippen LogP contribution in [0.1, 0.15) is 51.0 Å². The lowest BCUT2D eigenvalue weighted by Gasteiger charge is -2.45. The van der Waals surface area contributed by atoms with Gasteiger partial charge in [0.25, 0.3) is 0 Å². The van der Waals surface area contributed by atoms with Gasteiger partial charge in [-0.05, 0) is 41.5 Å². The molecule has 0 aliphatic heterocycles. The molecule has 26 heavy (non-hydrogen) atoms. The molecule has 0 spiro atoms. The van der Waals surface area contributed by atoms with E-state index in [1.807, 2.05) is 0 Å². The van der Waals surface area contributed by atoms with E-state index in [9.17, 15) is 9.90 Å². The van der Waals surface area contributed by atoms with E-state index in [0.717, 1.165) is 38.6 Å². The number of carboxylic acid groups (broad SMARTS) is 1. The summed E-state index contributed by atoms with van der Waals surface area (Å²) in [5.41, 5.74) is 6.52. The maximum Gasteiger partial charge on any atom is 0.323 e. The summed E-state index contributed by atoms with van der Waals surface area (Å²) in [5.74, 6) is -0.770. The molecule has 0 saturated heterocycles. The number of hydrogen-bond acceptors (Lipinski definition) is 3. The van der Waals surface area contributed by atoms with Crippen LogP contribution >= 0.6 is 0 Å². The molecule has 4 nitrogen and oxygen atoms in total. The van der Waals surface area contributed by atoms with Gasteiger partial charge in [0.05, 0.1) is 0 Å². The second-order valence-corrected chi connectivity index (χ2v) is 7.69. The number of aliphatic carboxylic acids is 1. The minimum absolute atomic E-state index is 0.0712. The second-order valence-electron chi connectivity index (χ2n) is 7.69. The Hall–Kier alpha value is -1.91. The van der Waals surface area contributed by atoms with Gasteiger partial charge in [-0.15, -0.1) is 0 Å². The number of carbonyl (C=O) groups is 1. The molecule has 0 amide bonds. The van der Waals surface area contributed by atoms with Gasteiger partial charge in [0, 0.05) is 12.6 Å². The van der Waals surface area contributed by atoms with Gasteiger partial charge in [0.2, 0.25) is 0 Å². The Labute approximate surface area is 155 Å². The Morgan fingerprint density at radius 2 is 1.92 bits per heavy atom. The van der Waals surface area contributed by atoms with Crippen LogP contribution in [0.2, 0.25) is 0 Å². The first kappa shape index (κ1) is 18.9. The van der Waals surface area contributed by atoms with E-state index in [1.165, 1.54) is 16.3 Å². The molecule has 1 fully saturated rings. The monoisotopic (exact) mass is 354 g/mol. The highest BCUT2D eigenvalue weighted by atomic mass is 16.4. The van der Waals surface area contributed by atoms with E-state index in [4.69, 9.17) is 5.73 Å². The Morgan fingerprint density at radius 1 is 1.19 bits per heavy atom. The molecule has 1 unspecified atom stereocenters. The third-order valence-corrected chi connectivity index (χ3v) is 5.92. The molecule has 1 atom stereocenters. The normalized spacial score (nSPS) is 21.9. The molecule has 2 aromatic carbocycles. The van der Waals surface area contributed by atoms with Crippen LogP contribution in [0.25, 0.3) is 10.8 Å². The van der Waals surface area contributed by atoms with Crippen LogP contribution in [0.4, 0.5) is 0 Å². The van der Waals surface area contributed by atoms with Crippen molar-refractivity contribution in [3.8, 4) is 0 Å². The van der Waals surface area contributed by atoms with Crippen molar-refractivity contribution in [1.82, 2.24) is 5.32 Å². The average Bonchev–Trinajstić information content (AvgIpc) is 2.60. The van der Waals surface area contributed by atoms with Crippen LogP contribution in [0.5, 0.6) is 0 Å². The number of nitrogens with two attached hydrogens (primary N) is 1. The summed E-state index contributed by atoms with van der Waals surface area (Å²) in [6.07, 6.45) is 5.29. The smallest absolute Gasteiger partial charge is 0.323 e. The number of nitrogens with one attached hydrogen (secondary N) is 1. The van der Waals surface area contributed by atoms with E-state index < -0.39 is 11.5 Å². The van der Waals surface area contributed by atoms with Crippen LogP contribution in [0.15, 0.2) is 42.5 Å². The second kappa shape index (κ2) is 8.19. The fourth-order valence-electron chi connectivity index (χ4n) is 4.06. The molecule has 3 rings (SSSR count). The Bertz CT molecular complexity index is 749. The highest BCUT2D eigenvalue weighted by Crippen LogP contribution is 2.38. The van der Waals surface area contributed by atoms with Crippen LogP contribution in [0.3, 0.4) is 0 Å². The molecular weight excluding hydrogens is 324 g/mol. The minimum atomic E-state index is -1.06. The van der Waals surface area contributed by atoms with Gasteiger partial charge in [0.1, 0.15) is 5.54 Å². The average molecular weight is 354 g/mol. The van der Waals surface area contributed by atoms with Gasteiger partial charge in [-0.25, -0.2) is 0 Å².